The van der Waals surface area contributed by atoms with Gasteiger partial charge in [-0.3, -0.25) is 9.59 Å². The van der Waals surface area contributed by atoms with Crippen molar-refractivity contribution in [2.45, 2.75) is 24.8 Å². The molecule has 1 aromatic carbocycles. The molecule has 0 bridgehead atoms. The lowest BCUT2D eigenvalue weighted by molar-refractivity contribution is -0.126. The van der Waals surface area contributed by atoms with Gasteiger partial charge in [-0.2, -0.15) is 5.26 Å². The fraction of sp³-hybridized carbons (Fsp3) is 0.333. The minimum atomic E-state index is -1.14. The van der Waals surface area contributed by atoms with Gasteiger partial charge < -0.3 is 10.6 Å². The van der Waals surface area contributed by atoms with E-state index in [1.54, 1.807) is 0 Å². The highest BCUT2D eigenvalue weighted by Crippen LogP contribution is 2.31. The third kappa shape index (κ3) is 3.71. The molecule has 2 N–H and O–H groups in total. The van der Waals surface area contributed by atoms with Crippen molar-refractivity contribution < 1.29 is 14.0 Å². The van der Waals surface area contributed by atoms with Crippen LogP contribution in [0.1, 0.15) is 23.8 Å². The molecule has 1 heterocycles. The average Bonchev–Trinajstić information content (AvgIpc) is 3.26. The molecule has 0 radical (unpaired) electrons. The lowest BCUT2D eigenvalue weighted by Gasteiger charge is -2.08. The number of rotatable bonds is 5. The highest BCUT2D eigenvalue weighted by Gasteiger charge is 2.26. The van der Waals surface area contributed by atoms with Gasteiger partial charge in [-0.05, 0) is 40.9 Å². The molecule has 0 spiro atoms. The van der Waals surface area contributed by atoms with E-state index in [1.807, 2.05) is 6.07 Å². The maximum Gasteiger partial charge on any atom is 0.244 e. The van der Waals surface area contributed by atoms with Crippen LogP contribution in [-0.4, -0.2) is 29.4 Å². The third-order valence-corrected chi connectivity index (χ3v) is 5.14. The summed E-state index contributed by atoms with van der Waals surface area (Å²) in [5.74, 6) is -2.45. The summed E-state index contributed by atoms with van der Waals surface area (Å²) in [6.45, 7) is -0.182. The lowest BCUT2D eigenvalue weighted by atomic mass is 10.1. The van der Waals surface area contributed by atoms with Crippen LogP contribution in [0, 0.1) is 17.1 Å². The zero-order chi connectivity index (χ0) is 17.3. The minimum absolute atomic E-state index is 0.182. The first kappa shape index (κ1) is 16.8. The summed E-state index contributed by atoms with van der Waals surface area (Å²) in [5, 5.41) is 14.7. The van der Waals surface area contributed by atoms with E-state index in [2.05, 4.69) is 31.5 Å². The number of halogens is 2. The number of aromatic nitrogens is 1. The van der Waals surface area contributed by atoms with Crippen LogP contribution < -0.4 is 10.6 Å². The zero-order valence-electron chi connectivity index (χ0n) is 12.3. The molecule has 1 aliphatic carbocycles. The maximum absolute atomic E-state index is 13.6. The fourth-order valence-corrected chi connectivity index (χ4v) is 3.42. The first-order valence-corrected chi connectivity index (χ1v) is 8.81. The van der Waals surface area contributed by atoms with Crippen LogP contribution in [0.5, 0.6) is 0 Å². The van der Waals surface area contributed by atoms with E-state index in [0.29, 0.717) is 10.2 Å². The van der Waals surface area contributed by atoms with Gasteiger partial charge in [0, 0.05) is 6.04 Å². The number of carbonyl (C=O) groups excluding carboxylic acids is 2. The van der Waals surface area contributed by atoms with Crippen molar-refractivity contribution in [3.05, 3.63) is 27.4 Å². The fourth-order valence-electron chi connectivity index (χ4n) is 2.07. The molecule has 6 nitrogen and oxygen atoms in total. The van der Waals surface area contributed by atoms with Crippen LogP contribution >= 0.6 is 27.3 Å². The Labute approximate surface area is 149 Å². The molecule has 0 saturated heterocycles. The lowest BCUT2D eigenvalue weighted by Crippen LogP contribution is -2.39. The van der Waals surface area contributed by atoms with Crippen LogP contribution in [-0.2, 0) is 9.59 Å². The van der Waals surface area contributed by atoms with Crippen molar-refractivity contribution in [1.29, 1.82) is 5.26 Å². The molecule has 1 unspecified atom stereocenters. The number of hydrogen-bond acceptors (Lipinski definition) is 5. The molecule has 1 aliphatic rings. The molecule has 1 saturated carbocycles. The van der Waals surface area contributed by atoms with E-state index in [4.69, 9.17) is 0 Å². The number of carbonyl (C=O) groups is 2. The van der Waals surface area contributed by atoms with E-state index < -0.39 is 17.6 Å². The van der Waals surface area contributed by atoms with Crippen LogP contribution in [0.4, 0.5) is 4.39 Å². The second-order valence-corrected chi connectivity index (χ2v) is 7.32. The monoisotopic (exact) mass is 410 g/mol. The molecule has 3 rings (SSSR count). The number of amides is 2. The normalized spacial score (nSPS) is 14.9. The molecule has 1 atom stereocenters. The minimum Gasteiger partial charge on any atom is -0.352 e. The van der Waals surface area contributed by atoms with E-state index in [9.17, 15) is 19.2 Å². The molecule has 0 aliphatic heterocycles. The van der Waals surface area contributed by atoms with Gasteiger partial charge >= 0.3 is 0 Å². The van der Waals surface area contributed by atoms with Gasteiger partial charge in [0.15, 0.2) is 5.92 Å². The van der Waals surface area contributed by atoms with Gasteiger partial charge in [-0.25, -0.2) is 9.37 Å². The molecule has 9 heteroatoms. The second kappa shape index (κ2) is 6.83. The van der Waals surface area contributed by atoms with Crippen LogP contribution in [0.25, 0.3) is 10.2 Å². The first-order valence-electron chi connectivity index (χ1n) is 7.20. The Morgan fingerprint density at radius 2 is 2.25 bits per heavy atom. The SMILES string of the molecule is N#CC(C(=O)NCC(=O)NC1CC1)c1nc2cc(Br)c(F)cc2s1. The van der Waals surface area contributed by atoms with Gasteiger partial charge in [0.1, 0.15) is 10.8 Å². The van der Waals surface area contributed by atoms with E-state index >= 15 is 0 Å². The molecular formula is C15H12BrFN4O2S. The standard InChI is InChI=1S/C15H12BrFN4O2S/c16-9-3-11-12(4-10(9)17)24-15(21-11)8(5-18)14(23)19-6-13(22)20-7-1-2-7/h3-4,7-8H,1-2,6H2,(H,19,23)(H,20,22). The number of fused-ring (bicyclic) bond motifs is 1. The Bertz CT molecular complexity index is 820. The maximum atomic E-state index is 13.6. The van der Waals surface area contributed by atoms with Gasteiger partial charge in [-0.1, -0.05) is 0 Å². The van der Waals surface area contributed by atoms with Gasteiger partial charge in [-0.15, -0.1) is 11.3 Å². The number of thiazole rings is 1. The Morgan fingerprint density at radius 1 is 1.50 bits per heavy atom. The summed E-state index contributed by atoms with van der Waals surface area (Å²) in [5.41, 5.74) is 0.503. The summed E-state index contributed by atoms with van der Waals surface area (Å²) < 4.78 is 14.4. The third-order valence-electron chi connectivity index (χ3n) is 3.45. The summed E-state index contributed by atoms with van der Waals surface area (Å²) >= 11 is 4.16. The molecule has 2 aromatic rings. The van der Waals surface area contributed by atoms with Crippen molar-refractivity contribution in [3.8, 4) is 6.07 Å². The first-order chi connectivity index (χ1) is 11.5. The van der Waals surface area contributed by atoms with Crippen molar-refractivity contribution >= 4 is 49.3 Å². The highest BCUT2D eigenvalue weighted by atomic mass is 79.9. The summed E-state index contributed by atoms with van der Waals surface area (Å²) in [6, 6.07) is 4.89. The van der Waals surface area contributed by atoms with Crippen LogP contribution in [0.2, 0.25) is 0 Å². The number of nitriles is 1. The topological polar surface area (TPSA) is 94.9 Å². The molecule has 2 amide bonds. The second-order valence-electron chi connectivity index (χ2n) is 5.41. The predicted molar refractivity (Wildman–Crippen MR) is 89.8 cm³/mol. The van der Waals surface area contributed by atoms with Gasteiger partial charge in [0.05, 0.1) is 27.3 Å². The van der Waals surface area contributed by atoms with Gasteiger partial charge in [0.2, 0.25) is 11.8 Å². The smallest absolute Gasteiger partial charge is 0.244 e. The molecule has 1 fully saturated rings. The van der Waals surface area contributed by atoms with Crippen molar-refractivity contribution in [2.75, 3.05) is 6.54 Å². The molecule has 124 valence electrons. The number of nitrogens with zero attached hydrogens (tertiary/aromatic N) is 2. The summed E-state index contributed by atoms with van der Waals surface area (Å²) in [7, 11) is 0. The van der Waals surface area contributed by atoms with Gasteiger partial charge in [0.25, 0.3) is 0 Å². The van der Waals surface area contributed by atoms with Crippen molar-refractivity contribution in [1.82, 2.24) is 15.6 Å². The quantitative estimate of drug-likeness (QED) is 0.789. The van der Waals surface area contributed by atoms with E-state index in [0.717, 1.165) is 24.2 Å². The molecular weight excluding hydrogens is 399 g/mol. The van der Waals surface area contributed by atoms with Crippen molar-refractivity contribution in [2.24, 2.45) is 0 Å². The molecule has 1 aromatic heterocycles. The average molecular weight is 411 g/mol. The number of hydrogen-bond donors (Lipinski definition) is 2. The summed E-state index contributed by atoms with van der Waals surface area (Å²) in [6.07, 6.45) is 1.91. The van der Waals surface area contributed by atoms with E-state index in [1.165, 1.54) is 12.1 Å². The van der Waals surface area contributed by atoms with Crippen LogP contribution in [0.3, 0.4) is 0 Å². The number of nitrogens with one attached hydrogen (secondary N) is 2. The molecule has 24 heavy (non-hydrogen) atoms. The summed E-state index contributed by atoms with van der Waals surface area (Å²) in [4.78, 5) is 28.0. The highest BCUT2D eigenvalue weighted by molar-refractivity contribution is 9.10. The van der Waals surface area contributed by atoms with Crippen molar-refractivity contribution in [3.63, 3.8) is 0 Å². The number of benzene rings is 1. The Hall–Kier alpha value is -2.05. The largest absolute Gasteiger partial charge is 0.352 e. The Morgan fingerprint density at radius 3 is 2.92 bits per heavy atom. The van der Waals surface area contributed by atoms with Crippen LogP contribution in [0.15, 0.2) is 16.6 Å². The Kier molecular flexibility index (Phi) is 4.78. The zero-order valence-corrected chi connectivity index (χ0v) is 14.7. The predicted octanol–water partition coefficient (Wildman–Crippen LogP) is 2.20. The Balaban J connectivity index is 1.71. The van der Waals surface area contributed by atoms with E-state index in [-0.39, 0.29) is 28.0 Å².